The molecule has 0 saturated heterocycles. The van der Waals surface area contributed by atoms with Gasteiger partial charge in [-0.1, -0.05) is 30.4 Å². The highest BCUT2D eigenvalue weighted by molar-refractivity contribution is 7.22. The van der Waals surface area contributed by atoms with Gasteiger partial charge in [-0.15, -0.1) is 0 Å². The van der Waals surface area contributed by atoms with Crippen molar-refractivity contribution < 1.29 is 14.3 Å². The summed E-state index contributed by atoms with van der Waals surface area (Å²) in [6.45, 7) is 2.43. The second-order valence-electron chi connectivity index (χ2n) is 6.97. The second kappa shape index (κ2) is 9.14. The number of hydrogen-bond donors (Lipinski definition) is 0. The number of pyridine rings is 1. The summed E-state index contributed by atoms with van der Waals surface area (Å²) in [6, 6.07) is 17.0. The van der Waals surface area contributed by atoms with E-state index < -0.39 is 0 Å². The lowest BCUT2D eigenvalue weighted by molar-refractivity contribution is 0.0984. The van der Waals surface area contributed by atoms with Gasteiger partial charge in [0, 0.05) is 17.8 Å². The molecule has 4 aromatic rings. The predicted molar refractivity (Wildman–Crippen MR) is 123 cm³/mol. The van der Waals surface area contributed by atoms with E-state index in [9.17, 15) is 4.79 Å². The SMILES string of the molecule is CCc1ccc2nc(N(Cc3ccccn3)C(=O)c3cc(OC)cc(OC)c3)sc2c1. The van der Waals surface area contributed by atoms with Gasteiger partial charge in [0.1, 0.15) is 11.5 Å². The number of anilines is 1. The molecule has 0 aliphatic rings. The van der Waals surface area contributed by atoms with E-state index in [1.54, 1.807) is 43.5 Å². The Morgan fingerprint density at radius 2 is 1.81 bits per heavy atom. The van der Waals surface area contributed by atoms with Crippen molar-refractivity contribution in [1.29, 1.82) is 0 Å². The first-order chi connectivity index (χ1) is 15.1. The number of rotatable bonds is 7. The Morgan fingerprint density at radius 1 is 1.03 bits per heavy atom. The maximum atomic E-state index is 13.6. The van der Waals surface area contributed by atoms with Crippen LogP contribution in [0.4, 0.5) is 5.13 Å². The van der Waals surface area contributed by atoms with Crippen LogP contribution >= 0.6 is 11.3 Å². The molecule has 0 atom stereocenters. The molecular formula is C24H23N3O3S. The molecule has 4 rings (SSSR count). The molecule has 158 valence electrons. The molecule has 2 aromatic heterocycles. The van der Waals surface area contributed by atoms with Crippen molar-refractivity contribution in [2.75, 3.05) is 19.1 Å². The quantitative estimate of drug-likeness (QED) is 0.405. The van der Waals surface area contributed by atoms with Crippen molar-refractivity contribution in [2.24, 2.45) is 0 Å². The van der Waals surface area contributed by atoms with E-state index in [1.807, 2.05) is 24.3 Å². The van der Waals surface area contributed by atoms with Gasteiger partial charge in [-0.2, -0.15) is 0 Å². The Balaban J connectivity index is 1.78. The van der Waals surface area contributed by atoms with Gasteiger partial charge in [0.25, 0.3) is 5.91 Å². The Kier molecular flexibility index (Phi) is 6.13. The van der Waals surface area contributed by atoms with Crippen molar-refractivity contribution in [1.82, 2.24) is 9.97 Å². The Hall–Kier alpha value is -3.45. The number of methoxy groups -OCH3 is 2. The van der Waals surface area contributed by atoms with Crippen LogP contribution in [0.5, 0.6) is 11.5 Å². The molecule has 0 saturated carbocycles. The fourth-order valence-corrected chi connectivity index (χ4v) is 4.29. The van der Waals surface area contributed by atoms with E-state index in [4.69, 9.17) is 14.5 Å². The second-order valence-corrected chi connectivity index (χ2v) is 7.97. The van der Waals surface area contributed by atoms with E-state index in [0.717, 1.165) is 22.3 Å². The third kappa shape index (κ3) is 4.51. The first kappa shape index (κ1) is 20.8. The zero-order valence-corrected chi connectivity index (χ0v) is 18.5. The van der Waals surface area contributed by atoms with Gasteiger partial charge < -0.3 is 9.47 Å². The highest BCUT2D eigenvalue weighted by Gasteiger charge is 2.23. The lowest BCUT2D eigenvalue weighted by Crippen LogP contribution is -2.30. The molecule has 0 aliphatic carbocycles. The minimum atomic E-state index is -0.197. The molecular weight excluding hydrogens is 410 g/mol. The first-order valence-corrected chi connectivity index (χ1v) is 10.8. The minimum absolute atomic E-state index is 0.197. The van der Waals surface area contributed by atoms with Crippen LogP contribution in [-0.4, -0.2) is 30.1 Å². The summed E-state index contributed by atoms with van der Waals surface area (Å²) in [7, 11) is 3.13. The molecule has 0 radical (unpaired) electrons. The highest BCUT2D eigenvalue weighted by atomic mass is 32.1. The average Bonchev–Trinajstić information content (AvgIpc) is 3.25. The van der Waals surface area contributed by atoms with E-state index in [-0.39, 0.29) is 5.91 Å². The number of aryl methyl sites for hydroxylation is 1. The number of thiazole rings is 1. The van der Waals surface area contributed by atoms with E-state index >= 15 is 0 Å². The molecule has 31 heavy (non-hydrogen) atoms. The summed E-state index contributed by atoms with van der Waals surface area (Å²) in [4.78, 5) is 24.5. The first-order valence-electron chi connectivity index (χ1n) is 9.95. The number of aromatic nitrogens is 2. The number of carbonyl (C=O) groups excluding carboxylic acids is 1. The maximum Gasteiger partial charge on any atom is 0.260 e. The topological polar surface area (TPSA) is 64.6 Å². The van der Waals surface area contributed by atoms with Crippen LogP contribution < -0.4 is 14.4 Å². The van der Waals surface area contributed by atoms with Crippen LogP contribution in [0, 0.1) is 0 Å². The van der Waals surface area contributed by atoms with Gasteiger partial charge in [-0.3, -0.25) is 14.7 Å². The molecule has 7 heteroatoms. The summed E-state index contributed by atoms with van der Waals surface area (Å²) >= 11 is 1.50. The van der Waals surface area contributed by atoms with Crippen molar-refractivity contribution in [2.45, 2.75) is 19.9 Å². The van der Waals surface area contributed by atoms with Crippen molar-refractivity contribution in [3.63, 3.8) is 0 Å². The van der Waals surface area contributed by atoms with Crippen LogP contribution in [0.3, 0.4) is 0 Å². The number of fused-ring (bicyclic) bond motifs is 1. The fraction of sp³-hybridized carbons (Fsp3) is 0.208. The van der Waals surface area contributed by atoms with E-state index in [1.165, 1.54) is 16.9 Å². The maximum absolute atomic E-state index is 13.6. The van der Waals surface area contributed by atoms with Gasteiger partial charge in [0.05, 0.1) is 36.7 Å². The molecule has 6 nitrogen and oxygen atoms in total. The molecule has 0 bridgehead atoms. The molecule has 0 unspecified atom stereocenters. The number of hydrogen-bond acceptors (Lipinski definition) is 6. The number of nitrogens with zero attached hydrogens (tertiary/aromatic N) is 3. The van der Waals surface area contributed by atoms with Crippen LogP contribution in [0.2, 0.25) is 0 Å². The van der Waals surface area contributed by atoms with Crippen molar-refractivity contribution >= 4 is 32.6 Å². The normalized spacial score (nSPS) is 10.8. The average molecular weight is 434 g/mol. The van der Waals surface area contributed by atoms with Crippen molar-refractivity contribution in [3.8, 4) is 11.5 Å². The standard InChI is InChI=1S/C24H23N3O3S/c1-4-16-8-9-21-22(11-16)31-24(26-21)27(15-18-7-5-6-10-25-18)23(28)17-12-19(29-2)14-20(13-17)30-3/h5-14H,4,15H2,1-3H3. The van der Waals surface area contributed by atoms with Gasteiger partial charge >= 0.3 is 0 Å². The predicted octanol–water partition coefficient (Wildman–Crippen LogP) is 5.12. The van der Waals surface area contributed by atoms with Gasteiger partial charge in [-0.25, -0.2) is 4.98 Å². The number of amides is 1. The molecule has 0 aliphatic heterocycles. The van der Waals surface area contributed by atoms with E-state index in [0.29, 0.717) is 28.7 Å². The summed E-state index contributed by atoms with van der Waals surface area (Å²) < 4.78 is 11.7. The van der Waals surface area contributed by atoms with Crippen molar-refractivity contribution in [3.05, 3.63) is 77.6 Å². The summed E-state index contributed by atoms with van der Waals surface area (Å²) in [6.07, 6.45) is 2.67. The Morgan fingerprint density at radius 3 is 2.45 bits per heavy atom. The monoisotopic (exact) mass is 433 g/mol. The molecule has 2 heterocycles. The zero-order valence-electron chi connectivity index (χ0n) is 17.7. The van der Waals surface area contributed by atoms with Gasteiger partial charge in [-0.05, 0) is 48.4 Å². The Bertz CT molecular complexity index is 1190. The van der Waals surface area contributed by atoms with Gasteiger partial charge in [0.15, 0.2) is 5.13 Å². The molecule has 1 amide bonds. The third-order valence-electron chi connectivity index (χ3n) is 4.97. The summed E-state index contributed by atoms with van der Waals surface area (Å²) in [5.74, 6) is 0.910. The lowest BCUT2D eigenvalue weighted by atomic mass is 10.1. The highest BCUT2D eigenvalue weighted by Crippen LogP contribution is 2.32. The number of benzene rings is 2. The minimum Gasteiger partial charge on any atom is -0.497 e. The molecule has 2 aromatic carbocycles. The van der Waals surface area contributed by atoms with Gasteiger partial charge in [0.2, 0.25) is 0 Å². The fourth-order valence-electron chi connectivity index (χ4n) is 3.26. The third-order valence-corrected chi connectivity index (χ3v) is 6.01. The molecule has 0 fully saturated rings. The molecule has 0 spiro atoms. The van der Waals surface area contributed by atoms with Crippen LogP contribution in [0.15, 0.2) is 60.8 Å². The number of carbonyl (C=O) groups is 1. The molecule has 0 N–H and O–H groups in total. The van der Waals surface area contributed by atoms with Crippen LogP contribution in [0.1, 0.15) is 28.5 Å². The van der Waals surface area contributed by atoms with E-state index in [2.05, 4.69) is 24.0 Å². The lowest BCUT2D eigenvalue weighted by Gasteiger charge is -2.20. The smallest absolute Gasteiger partial charge is 0.260 e. The number of ether oxygens (including phenoxy) is 2. The zero-order chi connectivity index (χ0) is 21.8. The Labute approximate surface area is 185 Å². The van der Waals surface area contributed by atoms with Crippen LogP contribution in [-0.2, 0) is 13.0 Å². The van der Waals surface area contributed by atoms with Crippen LogP contribution in [0.25, 0.3) is 10.2 Å². The largest absolute Gasteiger partial charge is 0.497 e. The summed E-state index contributed by atoms with van der Waals surface area (Å²) in [5, 5.41) is 0.626. The summed E-state index contributed by atoms with van der Waals surface area (Å²) in [5.41, 5.74) is 3.35.